The summed E-state index contributed by atoms with van der Waals surface area (Å²) in [7, 11) is 0. The molecule has 0 unspecified atom stereocenters. The van der Waals surface area contributed by atoms with E-state index < -0.39 is 6.09 Å². The number of hydrogen-bond donors (Lipinski definition) is 2. The molecule has 0 saturated heterocycles. The molecule has 0 spiro atoms. The van der Waals surface area contributed by atoms with Crippen LogP contribution < -0.4 is 5.73 Å². The summed E-state index contributed by atoms with van der Waals surface area (Å²) < 4.78 is 0. The molecule has 0 aromatic heterocycles. The third kappa shape index (κ3) is 1.46. The second kappa shape index (κ2) is 2.28. The molecule has 0 heterocycles. The zero-order valence-electron chi connectivity index (χ0n) is 5.74. The maximum Gasteiger partial charge on any atom is 0.432 e. The van der Waals surface area contributed by atoms with E-state index in [1.54, 1.807) is 0 Å². The van der Waals surface area contributed by atoms with E-state index in [1.165, 1.54) is 0 Å². The van der Waals surface area contributed by atoms with Gasteiger partial charge >= 0.3 is 6.09 Å². The van der Waals surface area contributed by atoms with Crippen molar-refractivity contribution in [1.29, 1.82) is 0 Å². The molecule has 0 aromatic carbocycles. The van der Waals surface area contributed by atoms with Crippen LogP contribution in [0.15, 0.2) is 4.99 Å². The van der Waals surface area contributed by atoms with Crippen LogP contribution in [0.1, 0.15) is 13.3 Å². The van der Waals surface area contributed by atoms with Crippen LogP contribution >= 0.6 is 0 Å². The molecule has 0 radical (unpaired) electrons. The van der Waals surface area contributed by atoms with Crippen LogP contribution in [0.25, 0.3) is 0 Å². The van der Waals surface area contributed by atoms with Gasteiger partial charge in [-0.05, 0) is 12.3 Å². The minimum absolute atomic E-state index is 0.219. The van der Waals surface area contributed by atoms with Gasteiger partial charge in [-0.25, -0.2) is 4.79 Å². The summed E-state index contributed by atoms with van der Waals surface area (Å²) in [6, 6.07) is 0. The number of nitrogens with two attached hydrogens (primary N) is 1. The van der Waals surface area contributed by atoms with Gasteiger partial charge in [0.1, 0.15) is 5.84 Å². The number of rotatable bonds is 1. The van der Waals surface area contributed by atoms with E-state index in [0.29, 0.717) is 5.92 Å². The fourth-order valence-corrected chi connectivity index (χ4v) is 0.928. The lowest BCUT2D eigenvalue weighted by atomic mass is 10.3. The Bertz CT molecular complexity index is 188. The standard InChI is InChI=1S/C6H10N2O2/c1-3-2-4(3)5(7)8-6(9)10/h3-4H,2H2,1H3,(H2,7,8)(H,9,10)/t3-,4+/m0/s1. The zero-order chi connectivity index (χ0) is 7.72. The number of amides is 1. The zero-order valence-corrected chi connectivity index (χ0v) is 5.74. The van der Waals surface area contributed by atoms with Gasteiger partial charge in [-0.3, -0.25) is 0 Å². The van der Waals surface area contributed by atoms with Crippen LogP contribution in [0, 0.1) is 11.8 Å². The third-order valence-corrected chi connectivity index (χ3v) is 1.71. The van der Waals surface area contributed by atoms with Gasteiger partial charge in [-0.2, -0.15) is 4.99 Å². The van der Waals surface area contributed by atoms with Crippen LogP contribution in [0.3, 0.4) is 0 Å². The van der Waals surface area contributed by atoms with Crippen LogP contribution in [0.5, 0.6) is 0 Å². The summed E-state index contributed by atoms with van der Waals surface area (Å²) in [6.07, 6.45) is -0.223. The first-order valence-corrected chi connectivity index (χ1v) is 3.18. The molecule has 1 rings (SSSR count). The molecule has 1 fully saturated rings. The van der Waals surface area contributed by atoms with Crippen LogP contribution in [0.4, 0.5) is 4.79 Å². The highest BCUT2D eigenvalue weighted by atomic mass is 16.4. The molecule has 1 aliphatic rings. The predicted octanol–water partition coefficient (Wildman–Crippen LogP) is 0.678. The molecule has 1 amide bonds. The van der Waals surface area contributed by atoms with Crippen LogP contribution in [-0.4, -0.2) is 17.0 Å². The van der Waals surface area contributed by atoms with E-state index in [9.17, 15) is 4.79 Å². The Balaban J connectivity index is 2.49. The molecule has 0 bridgehead atoms. The average molecular weight is 142 g/mol. The van der Waals surface area contributed by atoms with Crippen molar-refractivity contribution in [2.24, 2.45) is 22.6 Å². The van der Waals surface area contributed by atoms with Crippen LogP contribution in [-0.2, 0) is 0 Å². The predicted molar refractivity (Wildman–Crippen MR) is 36.9 cm³/mol. The van der Waals surface area contributed by atoms with Crippen molar-refractivity contribution in [3.05, 3.63) is 0 Å². The molecular formula is C6H10N2O2. The van der Waals surface area contributed by atoms with Gasteiger partial charge in [-0.15, -0.1) is 0 Å². The lowest BCUT2D eigenvalue weighted by Gasteiger charge is -1.91. The summed E-state index contributed by atoms with van der Waals surface area (Å²) in [4.78, 5) is 13.2. The third-order valence-electron chi connectivity index (χ3n) is 1.71. The molecule has 3 N–H and O–H groups in total. The highest BCUT2D eigenvalue weighted by Gasteiger charge is 2.36. The summed E-state index contributed by atoms with van der Waals surface area (Å²) in [5, 5.41) is 8.18. The molecule has 1 saturated carbocycles. The largest absolute Gasteiger partial charge is 0.463 e. The Hall–Kier alpha value is -1.06. The van der Waals surface area contributed by atoms with Crippen molar-refractivity contribution in [3.8, 4) is 0 Å². The molecule has 1 aliphatic carbocycles. The number of nitrogens with zero attached hydrogens (tertiary/aromatic N) is 1. The van der Waals surface area contributed by atoms with Crippen LogP contribution in [0.2, 0.25) is 0 Å². The van der Waals surface area contributed by atoms with Gasteiger partial charge < -0.3 is 10.8 Å². The minimum atomic E-state index is -1.20. The Morgan fingerprint density at radius 1 is 1.80 bits per heavy atom. The highest BCUT2D eigenvalue weighted by molar-refractivity contribution is 5.93. The Morgan fingerprint density at radius 2 is 2.30 bits per heavy atom. The first-order valence-electron chi connectivity index (χ1n) is 3.18. The second-order valence-corrected chi connectivity index (χ2v) is 2.64. The van der Waals surface area contributed by atoms with Gasteiger partial charge in [0.05, 0.1) is 0 Å². The van der Waals surface area contributed by atoms with Crippen molar-refractivity contribution < 1.29 is 9.90 Å². The molecule has 4 nitrogen and oxygen atoms in total. The van der Waals surface area contributed by atoms with Crippen molar-refractivity contribution >= 4 is 11.9 Å². The Labute approximate surface area is 58.7 Å². The van der Waals surface area contributed by atoms with Gasteiger partial charge in [0.25, 0.3) is 0 Å². The first-order chi connectivity index (χ1) is 4.61. The SMILES string of the molecule is C[C@H]1C[C@H]1/C(N)=N/C(=O)O. The van der Waals surface area contributed by atoms with E-state index in [0.717, 1.165) is 6.42 Å². The monoisotopic (exact) mass is 142 g/mol. The fraction of sp³-hybridized carbons (Fsp3) is 0.667. The molecule has 0 aromatic rings. The van der Waals surface area contributed by atoms with Gasteiger partial charge in [0, 0.05) is 5.92 Å². The van der Waals surface area contributed by atoms with Gasteiger partial charge in [-0.1, -0.05) is 6.92 Å². The maximum atomic E-state index is 9.98. The number of aliphatic imine (C=N–C) groups is 1. The van der Waals surface area contributed by atoms with E-state index in [-0.39, 0.29) is 11.8 Å². The fourth-order valence-electron chi connectivity index (χ4n) is 0.928. The molecule has 0 aliphatic heterocycles. The van der Waals surface area contributed by atoms with E-state index in [2.05, 4.69) is 4.99 Å². The molecule has 4 heteroatoms. The Kier molecular flexibility index (Phi) is 1.61. The second-order valence-electron chi connectivity index (χ2n) is 2.64. The lowest BCUT2D eigenvalue weighted by Crippen LogP contribution is -2.16. The smallest absolute Gasteiger partial charge is 0.432 e. The summed E-state index contributed by atoms with van der Waals surface area (Å²) in [5.74, 6) is 0.999. The van der Waals surface area contributed by atoms with Crippen molar-refractivity contribution in [1.82, 2.24) is 0 Å². The quantitative estimate of drug-likeness (QED) is 0.417. The maximum absolute atomic E-state index is 9.98. The van der Waals surface area contributed by atoms with Gasteiger partial charge in [0.2, 0.25) is 0 Å². The molecule has 56 valence electrons. The number of carbonyl (C=O) groups is 1. The summed E-state index contributed by atoms with van der Waals surface area (Å²) in [5.41, 5.74) is 5.34. The van der Waals surface area contributed by atoms with E-state index >= 15 is 0 Å². The number of amidine groups is 1. The van der Waals surface area contributed by atoms with E-state index in [1.807, 2.05) is 6.92 Å². The van der Waals surface area contributed by atoms with Crippen molar-refractivity contribution in [2.45, 2.75) is 13.3 Å². The van der Waals surface area contributed by atoms with E-state index in [4.69, 9.17) is 10.8 Å². The summed E-state index contributed by atoms with van der Waals surface area (Å²) in [6.45, 7) is 2.02. The molecule has 10 heavy (non-hydrogen) atoms. The molecular weight excluding hydrogens is 132 g/mol. The number of carboxylic acid groups (broad SMARTS) is 1. The van der Waals surface area contributed by atoms with Crippen molar-refractivity contribution in [3.63, 3.8) is 0 Å². The normalized spacial score (nSPS) is 31.9. The summed E-state index contributed by atoms with van der Waals surface area (Å²) >= 11 is 0. The topological polar surface area (TPSA) is 75.7 Å². The van der Waals surface area contributed by atoms with Gasteiger partial charge in [0.15, 0.2) is 0 Å². The highest BCUT2D eigenvalue weighted by Crippen LogP contribution is 2.37. The van der Waals surface area contributed by atoms with Crippen molar-refractivity contribution in [2.75, 3.05) is 0 Å². The lowest BCUT2D eigenvalue weighted by molar-refractivity contribution is 0.205. The minimum Gasteiger partial charge on any atom is -0.463 e. The first kappa shape index (κ1) is 7.05. The molecule has 2 atom stereocenters. The number of hydrogen-bond acceptors (Lipinski definition) is 1. The average Bonchev–Trinajstić information content (AvgIpc) is 2.44. The Morgan fingerprint density at radius 3 is 2.60 bits per heavy atom.